The Balaban J connectivity index is 1.95. The van der Waals surface area contributed by atoms with Crippen LogP contribution in [0.2, 0.25) is 0 Å². The van der Waals surface area contributed by atoms with E-state index in [1.807, 2.05) is 0 Å². The van der Waals surface area contributed by atoms with Crippen molar-refractivity contribution in [2.24, 2.45) is 0 Å². The molecule has 1 aliphatic heterocycles. The van der Waals surface area contributed by atoms with Crippen molar-refractivity contribution in [1.82, 2.24) is 0 Å². The van der Waals surface area contributed by atoms with E-state index in [-0.39, 0.29) is 24.2 Å². The van der Waals surface area contributed by atoms with E-state index >= 15 is 0 Å². The molecular formula is C11H14FNO2. The fraction of sp³-hybridized carbons (Fsp3) is 0.455. The minimum atomic E-state index is -0.378. The van der Waals surface area contributed by atoms with Crippen LogP contribution in [-0.2, 0) is 16.1 Å². The second-order valence-electron chi connectivity index (χ2n) is 3.62. The number of hydrogen-bond donors (Lipinski definition) is 1. The van der Waals surface area contributed by atoms with Gasteiger partial charge in [-0.1, -0.05) is 12.1 Å². The Hall–Kier alpha value is -1.13. The number of benzene rings is 1. The Morgan fingerprint density at radius 2 is 2.40 bits per heavy atom. The van der Waals surface area contributed by atoms with Crippen molar-refractivity contribution >= 4 is 5.69 Å². The first kappa shape index (κ1) is 10.4. The molecule has 1 unspecified atom stereocenters. The average molecular weight is 211 g/mol. The van der Waals surface area contributed by atoms with Gasteiger partial charge in [0, 0.05) is 12.2 Å². The molecule has 0 bridgehead atoms. The van der Waals surface area contributed by atoms with Crippen LogP contribution < -0.4 is 5.73 Å². The monoisotopic (exact) mass is 211 g/mol. The predicted octanol–water partition coefficient (Wildman–Crippen LogP) is 1.71. The van der Waals surface area contributed by atoms with E-state index in [1.54, 1.807) is 12.1 Å². The number of halogens is 1. The molecule has 0 amide bonds. The summed E-state index contributed by atoms with van der Waals surface area (Å²) in [6.45, 7) is 1.58. The largest absolute Gasteiger partial charge is 0.396 e. The second-order valence-corrected chi connectivity index (χ2v) is 3.62. The first-order valence-corrected chi connectivity index (χ1v) is 4.99. The van der Waals surface area contributed by atoms with Crippen LogP contribution in [0.4, 0.5) is 10.1 Å². The summed E-state index contributed by atoms with van der Waals surface area (Å²) in [7, 11) is 0. The Labute approximate surface area is 88.0 Å². The van der Waals surface area contributed by atoms with Gasteiger partial charge < -0.3 is 15.2 Å². The van der Waals surface area contributed by atoms with Crippen LogP contribution in [0.25, 0.3) is 0 Å². The molecule has 0 aromatic heterocycles. The molecule has 0 aliphatic carbocycles. The lowest BCUT2D eigenvalue weighted by molar-refractivity contribution is 0.0305. The summed E-state index contributed by atoms with van der Waals surface area (Å²) in [4.78, 5) is 0. The number of ether oxygens (including phenoxy) is 2. The third-order valence-electron chi connectivity index (χ3n) is 2.47. The Bertz CT molecular complexity index is 337. The van der Waals surface area contributed by atoms with E-state index in [2.05, 4.69) is 0 Å². The minimum absolute atomic E-state index is 0.0887. The summed E-state index contributed by atoms with van der Waals surface area (Å²) >= 11 is 0. The molecule has 1 atom stereocenters. The molecule has 1 saturated heterocycles. The van der Waals surface area contributed by atoms with Crippen molar-refractivity contribution in [3.63, 3.8) is 0 Å². The lowest BCUT2D eigenvalue weighted by Crippen LogP contribution is -2.12. The zero-order chi connectivity index (χ0) is 10.7. The molecule has 4 heteroatoms. The van der Waals surface area contributed by atoms with E-state index in [1.165, 1.54) is 6.07 Å². The molecule has 3 nitrogen and oxygen atoms in total. The van der Waals surface area contributed by atoms with Gasteiger partial charge in [0.15, 0.2) is 5.82 Å². The number of nitrogen functional groups attached to an aromatic ring is 1. The lowest BCUT2D eigenvalue weighted by atomic mass is 10.2. The third kappa shape index (κ3) is 2.46. The van der Waals surface area contributed by atoms with Crippen LogP contribution in [0.15, 0.2) is 18.2 Å². The van der Waals surface area contributed by atoms with Crippen LogP contribution in [-0.4, -0.2) is 19.3 Å². The molecule has 1 aromatic carbocycles. The second kappa shape index (κ2) is 4.59. The maximum absolute atomic E-state index is 13.4. The smallest absolute Gasteiger partial charge is 0.151 e. The summed E-state index contributed by atoms with van der Waals surface area (Å²) in [6, 6.07) is 4.95. The molecule has 0 saturated carbocycles. The third-order valence-corrected chi connectivity index (χ3v) is 2.47. The van der Waals surface area contributed by atoms with Gasteiger partial charge in [0.1, 0.15) is 0 Å². The zero-order valence-corrected chi connectivity index (χ0v) is 8.41. The van der Waals surface area contributed by atoms with Crippen LogP contribution in [0.1, 0.15) is 12.0 Å². The van der Waals surface area contributed by atoms with E-state index in [0.29, 0.717) is 12.2 Å². The van der Waals surface area contributed by atoms with Crippen molar-refractivity contribution in [2.45, 2.75) is 19.1 Å². The molecule has 0 radical (unpaired) electrons. The van der Waals surface area contributed by atoms with Crippen molar-refractivity contribution in [2.75, 3.05) is 18.9 Å². The van der Waals surface area contributed by atoms with Crippen LogP contribution >= 0.6 is 0 Å². The Kier molecular flexibility index (Phi) is 3.18. The average Bonchev–Trinajstić information content (AvgIpc) is 2.73. The van der Waals surface area contributed by atoms with Crippen molar-refractivity contribution < 1.29 is 13.9 Å². The van der Waals surface area contributed by atoms with Crippen molar-refractivity contribution in [3.05, 3.63) is 29.6 Å². The molecule has 1 aliphatic rings. The molecular weight excluding hydrogens is 197 g/mol. The molecule has 1 heterocycles. The van der Waals surface area contributed by atoms with Gasteiger partial charge in [0.05, 0.1) is 25.0 Å². The Morgan fingerprint density at radius 1 is 1.53 bits per heavy atom. The van der Waals surface area contributed by atoms with E-state index < -0.39 is 0 Å². The first-order valence-electron chi connectivity index (χ1n) is 4.99. The van der Waals surface area contributed by atoms with Gasteiger partial charge in [-0.25, -0.2) is 4.39 Å². The summed E-state index contributed by atoms with van der Waals surface area (Å²) in [5.74, 6) is -0.378. The number of hydrogen-bond acceptors (Lipinski definition) is 3. The van der Waals surface area contributed by atoms with Crippen LogP contribution in [0.5, 0.6) is 0 Å². The molecule has 2 rings (SSSR count). The molecule has 15 heavy (non-hydrogen) atoms. The van der Waals surface area contributed by atoms with Gasteiger partial charge in [-0.2, -0.15) is 0 Å². The maximum atomic E-state index is 13.4. The fourth-order valence-electron chi connectivity index (χ4n) is 1.56. The number of rotatable bonds is 3. The SMILES string of the molecule is Nc1cccc(COC2CCOC2)c1F. The minimum Gasteiger partial charge on any atom is -0.396 e. The number of anilines is 1. The molecule has 2 N–H and O–H groups in total. The molecule has 82 valence electrons. The van der Waals surface area contributed by atoms with E-state index in [9.17, 15) is 4.39 Å². The topological polar surface area (TPSA) is 44.5 Å². The highest BCUT2D eigenvalue weighted by molar-refractivity contribution is 5.42. The molecule has 1 aromatic rings. The van der Waals surface area contributed by atoms with E-state index in [0.717, 1.165) is 13.0 Å². The highest BCUT2D eigenvalue weighted by Gasteiger charge is 2.16. The summed E-state index contributed by atoms with van der Waals surface area (Å²) in [5.41, 5.74) is 6.12. The first-order chi connectivity index (χ1) is 7.27. The van der Waals surface area contributed by atoms with Gasteiger partial charge in [0.25, 0.3) is 0 Å². The van der Waals surface area contributed by atoms with Gasteiger partial charge in [-0.15, -0.1) is 0 Å². The normalized spacial score (nSPS) is 20.7. The zero-order valence-electron chi connectivity index (χ0n) is 8.41. The highest BCUT2D eigenvalue weighted by atomic mass is 19.1. The molecule has 1 fully saturated rings. The van der Waals surface area contributed by atoms with E-state index in [4.69, 9.17) is 15.2 Å². The van der Waals surface area contributed by atoms with Gasteiger partial charge in [0.2, 0.25) is 0 Å². The maximum Gasteiger partial charge on any atom is 0.151 e. The van der Waals surface area contributed by atoms with Crippen LogP contribution in [0.3, 0.4) is 0 Å². The van der Waals surface area contributed by atoms with Crippen molar-refractivity contribution in [3.8, 4) is 0 Å². The van der Waals surface area contributed by atoms with Gasteiger partial charge in [-0.05, 0) is 12.5 Å². The standard InChI is InChI=1S/C11H14FNO2/c12-11-8(2-1-3-10(11)13)6-15-9-4-5-14-7-9/h1-3,9H,4-7,13H2. The van der Waals surface area contributed by atoms with Crippen LogP contribution in [0, 0.1) is 5.82 Å². The summed E-state index contributed by atoms with van der Waals surface area (Å²) < 4.78 is 24.1. The van der Waals surface area contributed by atoms with Gasteiger partial charge in [-0.3, -0.25) is 0 Å². The van der Waals surface area contributed by atoms with Gasteiger partial charge >= 0.3 is 0 Å². The lowest BCUT2D eigenvalue weighted by Gasteiger charge is -2.10. The summed E-state index contributed by atoms with van der Waals surface area (Å²) in [6.07, 6.45) is 0.968. The molecule has 0 spiro atoms. The number of nitrogens with two attached hydrogens (primary N) is 1. The summed E-state index contributed by atoms with van der Waals surface area (Å²) in [5, 5.41) is 0. The fourth-order valence-corrected chi connectivity index (χ4v) is 1.56. The van der Waals surface area contributed by atoms with Crippen molar-refractivity contribution in [1.29, 1.82) is 0 Å². The highest BCUT2D eigenvalue weighted by Crippen LogP contribution is 2.17. The predicted molar refractivity (Wildman–Crippen MR) is 54.8 cm³/mol. The Morgan fingerprint density at radius 3 is 3.13 bits per heavy atom. The quantitative estimate of drug-likeness (QED) is 0.774.